The van der Waals surface area contributed by atoms with Crippen LogP contribution in [-0.4, -0.2) is 9.55 Å². The highest BCUT2D eigenvalue weighted by Gasteiger charge is 2.15. The minimum Gasteiger partial charge on any atom is -0.314 e. The maximum absolute atomic E-state index is 9.19. The Morgan fingerprint density at radius 1 is 1.04 bits per heavy atom. The van der Waals surface area contributed by atoms with Crippen LogP contribution in [-0.2, 0) is 0 Å². The second-order valence-electron chi connectivity index (χ2n) is 7.20. The summed E-state index contributed by atoms with van der Waals surface area (Å²) < 4.78 is 2.24. The van der Waals surface area contributed by atoms with Crippen molar-refractivity contribution >= 4 is 10.9 Å². The van der Waals surface area contributed by atoms with Crippen molar-refractivity contribution < 1.29 is 0 Å². The Morgan fingerprint density at radius 2 is 1.85 bits per heavy atom. The molecule has 4 rings (SSSR count). The van der Waals surface area contributed by atoms with Gasteiger partial charge in [0.25, 0.3) is 0 Å². The van der Waals surface area contributed by atoms with Gasteiger partial charge in [-0.3, -0.25) is 4.98 Å². The molecule has 0 N–H and O–H groups in total. The van der Waals surface area contributed by atoms with Gasteiger partial charge in [-0.1, -0.05) is 32.0 Å². The number of benzene rings is 2. The summed E-state index contributed by atoms with van der Waals surface area (Å²) in [5.41, 5.74) is 7.66. The van der Waals surface area contributed by atoms with Gasteiger partial charge in [0.2, 0.25) is 0 Å². The zero-order valence-corrected chi connectivity index (χ0v) is 15.8. The first-order chi connectivity index (χ1) is 13.1. The van der Waals surface area contributed by atoms with Crippen LogP contribution in [0.25, 0.3) is 27.7 Å². The molecule has 3 heteroatoms. The van der Waals surface area contributed by atoms with E-state index in [9.17, 15) is 5.26 Å². The SMILES string of the molecule is Cc1ccncc1-n1cc(C(C)C)c2cc(-c3cccc(C#N)c3)ccc21. The van der Waals surface area contributed by atoms with E-state index in [-0.39, 0.29) is 0 Å². The maximum Gasteiger partial charge on any atom is 0.0991 e. The van der Waals surface area contributed by atoms with E-state index < -0.39 is 0 Å². The third-order valence-electron chi connectivity index (χ3n) is 5.05. The number of nitriles is 1. The van der Waals surface area contributed by atoms with E-state index >= 15 is 0 Å². The summed E-state index contributed by atoms with van der Waals surface area (Å²) >= 11 is 0. The first-order valence-electron chi connectivity index (χ1n) is 9.15. The van der Waals surface area contributed by atoms with Crippen molar-refractivity contribution in [3.05, 3.63) is 83.8 Å². The average Bonchev–Trinajstić information content (AvgIpc) is 3.07. The lowest BCUT2D eigenvalue weighted by Gasteiger charge is -2.09. The van der Waals surface area contributed by atoms with Crippen LogP contribution in [0, 0.1) is 18.3 Å². The first kappa shape index (κ1) is 17.1. The number of hydrogen-bond acceptors (Lipinski definition) is 2. The number of pyridine rings is 1. The highest BCUT2D eigenvalue weighted by molar-refractivity contribution is 5.90. The highest BCUT2D eigenvalue weighted by Crippen LogP contribution is 2.34. The number of rotatable bonds is 3. The van der Waals surface area contributed by atoms with E-state index in [2.05, 4.69) is 66.9 Å². The molecule has 2 aromatic carbocycles. The topological polar surface area (TPSA) is 41.6 Å². The summed E-state index contributed by atoms with van der Waals surface area (Å²) in [4.78, 5) is 4.32. The monoisotopic (exact) mass is 351 g/mol. The summed E-state index contributed by atoms with van der Waals surface area (Å²) in [5, 5.41) is 10.4. The molecule has 0 unspecified atom stereocenters. The van der Waals surface area contributed by atoms with Crippen molar-refractivity contribution in [1.82, 2.24) is 9.55 Å². The van der Waals surface area contributed by atoms with Gasteiger partial charge in [0, 0.05) is 17.8 Å². The predicted octanol–water partition coefficient (Wildman–Crippen LogP) is 6.00. The zero-order valence-electron chi connectivity index (χ0n) is 15.8. The van der Waals surface area contributed by atoms with Gasteiger partial charge in [0.1, 0.15) is 0 Å². The Kier molecular flexibility index (Phi) is 4.25. The van der Waals surface area contributed by atoms with Gasteiger partial charge >= 0.3 is 0 Å². The summed E-state index contributed by atoms with van der Waals surface area (Å²) in [7, 11) is 0. The fraction of sp³-hybridized carbons (Fsp3) is 0.167. The Morgan fingerprint density at radius 3 is 2.59 bits per heavy atom. The molecule has 0 amide bonds. The maximum atomic E-state index is 9.19. The van der Waals surface area contributed by atoms with Gasteiger partial charge in [-0.15, -0.1) is 0 Å². The molecule has 0 aliphatic rings. The van der Waals surface area contributed by atoms with Gasteiger partial charge in [-0.25, -0.2) is 0 Å². The molecule has 27 heavy (non-hydrogen) atoms. The van der Waals surface area contributed by atoms with Crippen LogP contribution < -0.4 is 0 Å². The molecule has 0 fully saturated rings. The van der Waals surface area contributed by atoms with Gasteiger partial charge in [0.15, 0.2) is 0 Å². The van der Waals surface area contributed by atoms with Crippen LogP contribution in [0.2, 0.25) is 0 Å². The summed E-state index contributed by atoms with van der Waals surface area (Å²) in [6.07, 6.45) is 5.98. The number of hydrogen-bond donors (Lipinski definition) is 0. The quantitative estimate of drug-likeness (QED) is 0.454. The normalized spacial score (nSPS) is 11.1. The molecule has 0 radical (unpaired) electrons. The largest absolute Gasteiger partial charge is 0.314 e. The summed E-state index contributed by atoms with van der Waals surface area (Å²) in [6, 6.07) is 18.6. The van der Waals surface area contributed by atoms with Crippen LogP contribution in [0.1, 0.15) is 36.5 Å². The molecular formula is C24H21N3. The zero-order chi connectivity index (χ0) is 19.0. The number of aryl methyl sites for hydroxylation is 1. The van der Waals surface area contributed by atoms with E-state index in [0.29, 0.717) is 11.5 Å². The number of fused-ring (bicyclic) bond motifs is 1. The molecule has 0 saturated heterocycles. The third kappa shape index (κ3) is 3.00. The molecule has 4 aromatic rings. The molecule has 0 atom stereocenters. The van der Waals surface area contributed by atoms with E-state index in [0.717, 1.165) is 16.8 Å². The van der Waals surface area contributed by atoms with Crippen LogP contribution in [0.15, 0.2) is 67.1 Å². The Labute approximate surface area is 159 Å². The lowest BCUT2D eigenvalue weighted by Crippen LogP contribution is -1.96. The molecule has 0 spiro atoms. The standard InChI is InChI=1S/C24H21N3/c1-16(2)22-15-27(24-14-26-10-9-17(24)3)23-8-7-20(12-21(22)23)19-6-4-5-18(11-19)13-25/h4-12,14-16H,1-3H3. The van der Waals surface area contributed by atoms with E-state index in [1.54, 1.807) is 0 Å². The second kappa shape index (κ2) is 6.74. The fourth-order valence-electron chi connectivity index (χ4n) is 3.57. The van der Waals surface area contributed by atoms with Gasteiger partial charge < -0.3 is 4.57 Å². The Hall–Kier alpha value is -3.38. The molecule has 3 nitrogen and oxygen atoms in total. The number of aromatic nitrogens is 2. The molecule has 132 valence electrons. The lowest BCUT2D eigenvalue weighted by atomic mass is 9.98. The van der Waals surface area contributed by atoms with Gasteiger partial charge in [-0.2, -0.15) is 5.26 Å². The van der Waals surface area contributed by atoms with Crippen LogP contribution in [0.5, 0.6) is 0 Å². The summed E-state index contributed by atoms with van der Waals surface area (Å²) in [5.74, 6) is 0.409. The molecule has 2 aromatic heterocycles. The Balaban J connectivity index is 1.95. The smallest absolute Gasteiger partial charge is 0.0991 e. The van der Waals surface area contributed by atoms with Crippen LogP contribution in [0.3, 0.4) is 0 Å². The first-order valence-corrected chi connectivity index (χ1v) is 9.15. The van der Waals surface area contributed by atoms with E-state index in [1.807, 2.05) is 36.7 Å². The van der Waals surface area contributed by atoms with Crippen molar-refractivity contribution in [3.63, 3.8) is 0 Å². The van der Waals surface area contributed by atoms with E-state index in [4.69, 9.17) is 0 Å². The van der Waals surface area contributed by atoms with E-state index in [1.165, 1.54) is 22.0 Å². The van der Waals surface area contributed by atoms with Crippen molar-refractivity contribution in [3.8, 4) is 22.9 Å². The highest BCUT2D eigenvalue weighted by atomic mass is 15.0. The second-order valence-corrected chi connectivity index (χ2v) is 7.20. The average molecular weight is 351 g/mol. The third-order valence-corrected chi connectivity index (χ3v) is 5.05. The fourth-order valence-corrected chi connectivity index (χ4v) is 3.57. The van der Waals surface area contributed by atoms with Gasteiger partial charge in [-0.05, 0) is 65.4 Å². The summed E-state index contributed by atoms with van der Waals surface area (Å²) in [6.45, 7) is 6.55. The van der Waals surface area contributed by atoms with Gasteiger partial charge in [0.05, 0.1) is 29.0 Å². The van der Waals surface area contributed by atoms with Crippen LogP contribution >= 0.6 is 0 Å². The Bertz CT molecular complexity index is 1180. The minimum atomic E-state index is 0.409. The molecule has 0 aliphatic heterocycles. The van der Waals surface area contributed by atoms with Crippen molar-refractivity contribution in [2.75, 3.05) is 0 Å². The molecule has 0 bridgehead atoms. The van der Waals surface area contributed by atoms with Crippen molar-refractivity contribution in [2.45, 2.75) is 26.7 Å². The molecule has 2 heterocycles. The molecular weight excluding hydrogens is 330 g/mol. The lowest BCUT2D eigenvalue weighted by molar-refractivity contribution is 0.869. The number of nitrogens with zero attached hydrogens (tertiary/aromatic N) is 3. The molecule has 0 saturated carbocycles. The van der Waals surface area contributed by atoms with Crippen molar-refractivity contribution in [2.24, 2.45) is 0 Å². The van der Waals surface area contributed by atoms with Crippen molar-refractivity contribution in [1.29, 1.82) is 5.26 Å². The minimum absolute atomic E-state index is 0.409. The van der Waals surface area contributed by atoms with Crippen LogP contribution in [0.4, 0.5) is 0 Å². The molecule has 0 aliphatic carbocycles. The predicted molar refractivity (Wildman–Crippen MR) is 110 cm³/mol.